The van der Waals surface area contributed by atoms with E-state index in [1.807, 2.05) is 0 Å². The topological polar surface area (TPSA) is 29.1 Å². The second kappa shape index (κ2) is 6.28. The molecule has 20 heavy (non-hydrogen) atoms. The van der Waals surface area contributed by atoms with Crippen LogP contribution in [-0.2, 0) is 4.79 Å². The number of rotatable bonds is 4. The minimum absolute atomic E-state index is 0.00162. The van der Waals surface area contributed by atoms with E-state index in [-0.39, 0.29) is 12.3 Å². The van der Waals surface area contributed by atoms with Crippen LogP contribution in [0.5, 0.6) is 0 Å². The fourth-order valence-corrected chi connectivity index (χ4v) is 2.19. The molecule has 104 valence electrons. The van der Waals surface area contributed by atoms with Crippen LogP contribution in [0.3, 0.4) is 0 Å². The van der Waals surface area contributed by atoms with Gasteiger partial charge in [0.05, 0.1) is 0 Å². The van der Waals surface area contributed by atoms with E-state index < -0.39 is 17.6 Å². The van der Waals surface area contributed by atoms with Crippen molar-refractivity contribution in [2.45, 2.75) is 12.3 Å². The standard InChI is InChI=1S/C16H15F2NO/c1-19-16(20)10-13(11-6-2-4-8-14(11)17)12-7-3-5-9-15(12)18/h2-9,13H,10H2,1H3,(H,19,20). The van der Waals surface area contributed by atoms with Gasteiger partial charge in [-0.1, -0.05) is 36.4 Å². The van der Waals surface area contributed by atoms with Crippen LogP contribution < -0.4 is 5.32 Å². The molecule has 4 heteroatoms. The molecule has 1 N–H and O–H groups in total. The highest BCUT2D eigenvalue weighted by Crippen LogP contribution is 2.31. The summed E-state index contributed by atoms with van der Waals surface area (Å²) in [5, 5.41) is 2.49. The molecule has 0 unspecified atom stereocenters. The van der Waals surface area contributed by atoms with Crippen molar-refractivity contribution in [1.82, 2.24) is 5.32 Å². The van der Waals surface area contributed by atoms with Crippen molar-refractivity contribution in [3.05, 3.63) is 71.3 Å². The van der Waals surface area contributed by atoms with Gasteiger partial charge in [0, 0.05) is 19.4 Å². The minimum atomic E-state index is -0.641. The lowest BCUT2D eigenvalue weighted by molar-refractivity contribution is -0.120. The third kappa shape index (κ3) is 3.02. The van der Waals surface area contributed by atoms with E-state index in [0.717, 1.165) is 0 Å². The molecule has 0 saturated carbocycles. The molecule has 0 spiro atoms. The van der Waals surface area contributed by atoms with Crippen molar-refractivity contribution in [2.24, 2.45) is 0 Å². The Balaban J connectivity index is 2.48. The van der Waals surface area contributed by atoms with E-state index in [0.29, 0.717) is 11.1 Å². The Morgan fingerprint density at radius 2 is 1.45 bits per heavy atom. The van der Waals surface area contributed by atoms with Gasteiger partial charge in [0.1, 0.15) is 11.6 Å². The van der Waals surface area contributed by atoms with Gasteiger partial charge in [-0.05, 0) is 23.3 Å². The number of amides is 1. The van der Waals surface area contributed by atoms with Gasteiger partial charge in [0.25, 0.3) is 0 Å². The summed E-state index contributed by atoms with van der Waals surface area (Å²) in [6.45, 7) is 0. The maximum Gasteiger partial charge on any atom is 0.220 e. The van der Waals surface area contributed by atoms with Crippen LogP contribution in [0.4, 0.5) is 8.78 Å². The Morgan fingerprint density at radius 3 is 1.85 bits per heavy atom. The van der Waals surface area contributed by atoms with Crippen molar-refractivity contribution in [1.29, 1.82) is 0 Å². The monoisotopic (exact) mass is 275 g/mol. The van der Waals surface area contributed by atoms with Crippen LogP contribution in [0.25, 0.3) is 0 Å². The molecule has 0 aliphatic carbocycles. The summed E-state index contributed by atoms with van der Waals surface area (Å²) >= 11 is 0. The lowest BCUT2D eigenvalue weighted by Crippen LogP contribution is -2.22. The highest BCUT2D eigenvalue weighted by Gasteiger charge is 2.23. The largest absolute Gasteiger partial charge is 0.359 e. The number of hydrogen-bond acceptors (Lipinski definition) is 1. The highest BCUT2D eigenvalue weighted by molar-refractivity contribution is 5.77. The molecule has 0 heterocycles. The SMILES string of the molecule is CNC(=O)CC(c1ccccc1F)c1ccccc1F. The smallest absolute Gasteiger partial charge is 0.220 e. The molecule has 2 nitrogen and oxygen atoms in total. The van der Waals surface area contributed by atoms with E-state index in [1.54, 1.807) is 36.4 Å². The zero-order valence-electron chi connectivity index (χ0n) is 11.1. The minimum Gasteiger partial charge on any atom is -0.359 e. The molecule has 2 aromatic rings. The van der Waals surface area contributed by atoms with Crippen LogP contribution in [0, 0.1) is 11.6 Å². The molecule has 2 aromatic carbocycles. The zero-order chi connectivity index (χ0) is 14.5. The summed E-state index contributed by atoms with van der Waals surface area (Å²) in [4.78, 5) is 11.6. The first-order chi connectivity index (χ1) is 9.63. The first-order valence-corrected chi connectivity index (χ1v) is 6.33. The van der Waals surface area contributed by atoms with Gasteiger partial charge >= 0.3 is 0 Å². The number of halogens is 2. The van der Waals surface area contributed by atoms with Crippen molar-refractivity contribution in [2.75, 3.05) is 7.05 Å². The predicted octanol–water partition coefficient (Wildman–Crippen LogP) is 3.23. The van der Waals surface area contributed by atoms with Crippen LogP contribution in [0.1, 0.15) is 23.5 Å². The second-order valence-corrected chi connectivity index (χ2v) is 4.47. The van der Waals surface area contributed by atoms with E-state index >= 15 is 0 Å². The van der Waals surface area contributed by atoms with E-state index in [1.165, 1.54) is 19.2 Å². The molecule has 0 aliphatic rings. The summed E-state index contributed by atoms with van der Waals surface area (Å²) in [7, 11) is 1.50. The van der Waals surface area contributed by atoms with Crippen LogP contribution >= 0.6 is 0 Å². The van der Waals surface area contributed by atoms with Gasteiger partial charge in [0.2, 0.25) is 5.91 Å². The summed E-state index contributed by atoms with van der Waals surface area (Å²) in [6, 6.07) is 12.3. The maximum absolute atomic E-state index is 14.0. The summed E-state index contributed by atoms with van der Waals surface area (Å²) < 4.78 is 27.9. The van der Waals surface area contributed by atoms with Gasteiger partial charge in [0.15, 0.2) is 0 Å². The second-order valence-electron chi connectivity index (χ2n) is 4.47. The quantitative estimate of drug-likeness (QED) is 0.912. The van der Waals surface area contributed by atoms with Crippen molar-refractivity contribution in [3.63, 3.8) is 0 Å². The average Bonchev–Trinajstić information content (AvgIpc) is 2.46. The maximum atomic E-state index is 14.0. The third-order valence-electron chi connectivity index (χ3n) is 3.23. The van der Waals surface area contributed by atoms with E-state index in [9.17, 15) is 13.6 Å². The number of carbonyl (C=O) groups excluding carboxylic acids is 1. The molecular weight excluding hydrogens is 260 g/mol. The molecule has 0 aromatic heterocycles. The van der Waals surface area contributed by atoms with Gasteiger partial charge in [-0.3, -0.25) is 4.79 Å². The summed E-state index contributed by atoms with van der Waals surface area (Å²) in [6.07, 6.45) is -0.00162. The first kappa shape index (κ1) is 14.2. The molecular formula is C16H15F2NO. The number of carbonyl (C=O) groups is 1. The number of nitrogens with one attached hydrogen (secondary N) is 1. The van der Waals surface area contributed by atoms with Crippen LogP contribution in [0.15, 0.2) is 48.5 Å². The highest BCUT2D eigenvalue weighted by atomic mass is 19.1. The van der Waals surface area contributed by atoms with Gasteiger partial charge < -0.3 is 5.32 Å². The Labute approximate surface area is 116 Å². The molecule has 0 fully saturated rings. The number of benzene rings is 2. The van der Waals surface area contributed by atoms with Crippen molar-refractivity contribution in [3.8, 4) is 0 Å². The first-order valence-electron chi connectivity index (χ1n) is 6.33. The third-order valence-corrected chi connectivity index (χ3v) is 3.23. The van der Waals surface area contributed by atoms with Crippen LogP contribution in [-0.4, -0.2) is 13.0 Å². The fourth-order valence-electron chi connectivity index (χ4n) is 2.19. The Bertz CT molecular complexity index is 567. The van der Waals surface area contributed by atoms with Gasteiger partial charge in [-0.25, -0.2) is 8.78 Å². The fraction of sp³-hybridized carbons (Fsp3) is 0.188. The molecule has 0 saturated heterocycles. The molecule has 0 bridgehead atoms. The molecule has 0 aliphatic heterocycles. The van der Waals surface area contributed by atoms with Gasteiger partial charge in [-0.15, -0.1) is 0 Å². The summed E-state index contributed by atoms with van der Waals surface area (Å²) in [5.74, 6) is -1.78. The molecule has 0 radical (unpaired) electrons. The lowest BCUT2D eigenvalue weighted by Gasteiger charge is -2.18. The Hall–Kier alpha value is -2.23. The molecule has 2 rings (SSSR count). The van der Waals surface area contributed by atoms with Crippen molar-refractivity contribution >= 4 is 5.91 Å². The predicted molar refractivity (Wildman–Crippen MR) is 73.3 cm³/mol. The van der Waals surface area contributed by atoms with E-state index in [2.05, 4.69) is 5.32 Å². The average molecular weight is 275 g/mol. The van der Waals surface area contributed by atoms with Crippen LogP contribution in [0.2, 0.25) is 0 Å². The Kier molecular flexibility index (Phi) is 4.45. The molecule has 0 atom stereocenters. The zero-order valence-corrected chi connectivity index (χ0v) is 11.1. The number of hydrogen-bond donors (Lipinski definition) is 1. The van der Waals surface area contributed by atoms with E-state index in [4.69, 9.17) is 0 Å². The normalized spacial score (nSPS) is 10.6. The van der Waals surface area contributed by atoms with Gasteiger partial charge in [-0.2, -0.15) is 0 Å². The van der Waals surface area contributed by atoms with Crippen molar-refractivity contribution < 1.29 is 13.6 Å². The summed E-state index contributed by atoms with van der Waals surface area (Å²) in [5.41, 5.74) is 0.641. The lowest BCUT2D eigenvalue weighted by atomic mass is 9.87. The Morgan fingerprint density at radius 1 is 1.00 bits per heavy atom. The molecule has 1 amide bonds.